The number of rotatable bonds is 12. The average Bonchev–Trinajstić information content (AvgIpc) is 3.53. The normalized spacial score (nSPS) is 12.6. The Hall–Kier alpha value is -5.00. The van der Waals surface area contributed by atoms with E-state index in [1.807, 2.05) is 54.6 Å². The van der Waals surface area contributed by atoms with Gasteiger partial charge in [-0.3, -0.25) is 0 Å². The molecule has 0 radical (unpaired) electrons. The fourth-order valence-electron chi connectivity index (χ4n) is 5.36. The van der Waals surface area contributed by atoms with Crippen molar-refractivity contribution >= 4 is 16.0 Å². The number of aromatic nitrogens is 3. The van der Waals surface area contributed by atoms with Gasteiger partial charge >= 0.3 is 5.97 Å². The first-order valence-corrected chi connectivity index (χ1v) is 15.7. The summed E-state index contributed by atoms with van der Waals surface area (Å²) in [7, 11) is -1.01. The minimum atomic E-state index is -4.15. The van der Waals surface area contributed by atoms with Crippen molar-refractivity contribution in [2.45, 2.75) is 30.3 Å². The van der Waals surface area contributed by atoms with E-state index in [1.54, 1.807) is 70.7 Å². The van der Waals surface area contributed by atoms with Gasteiger partial charge in [-0.15, -0.1) is 5.10 Å². The van der Waals surface area contributed by atoms with Crippen molar-refractivity contribution in [1.82, 2.24) is 19.7 Å². The molecule has 5 aromatic rings. The van der Waals surface area contributed by atoms with Gasteiger partial charge in [0.15, 0.2) is 6.04 Å². The van der Waals surface area contributed by atoms with Gasteiger partial charge in [-0.1, -0.05) is 85.8 Å². The summed E-state index contributed by atoms with van der Waals surface area (Å²) in [6, 6.07) is 29.2. The average molecular weight is 627 g/mol. The second-order valence-corrected chi connectivity index (χ2v) is 12.5. The number of carbonyl (C=O) groups is 1. The maximum absolute atomic E-state index is 14.2. The van der Waals surface area contributed by atoms with Gasteiger partial charge in [0.2, 0.25) is 10.0 Å². The van der Waals surface area contributed by atoms with E-state index in [9.17, 15) is 18.3 Å². The van der Waals surface area contributed by atoms with Gasteiger partial charge < -0.3 is 14.6 Å². The molecule has 10 nitrogen and oxygen atoms in total. The molecule has 0 amide bonds. The van der Waals surface area contributed by atoms with Gasteiger partial charge in [0.25, 0.3) is 0 Å². The molecule has 11 heteroatoms. The highest BCUT2D eigenvalue weighted by Gasteiger charge is 2.41. The molecular weight excluding hydrogens is 592 g/mol. The summed E-state index contributed by atoms with van der Waals surface area (Å²) in [4.78, 5) is 11.8. The molecular formula is C34H34N4O6S. The van der Waals surface area contributed by atoms with Gasteiger partial charge in [0.1, 0.15) is 22.7 Å². The first kappa shape index (κ1) is 31.4. The third kappa shape index (κ3) is 6.31. The van der Waals surface area contributed by atoms with E-state index in [2.05, 4.69) is 15.0 Å². The number of carboxylic acids is 1. The second-order valence-electron chi connectivity index (χ2n) is 10.8. The molecule has 1 aromatic heterocycles. The molecule has 2 N–H and O–H groups in total. The van der Waals surface area contributed by atoms with Crippen molar-refractivity contribution in [2.75, 3.05) is 14.2 Å². The van der Waals surface area contributed by atoms with Crippen LogP contribution in [0.4, 0.5) is 0 Å². The number of carboxylic acid groups (broad SMARTS) is 1. The van der Waals surface area contributed by atoms with Gasteiger partial charge in [-0.25, -0.2) is 17.9 Å². The molecule has 0 aliphatic heterocycles. The highest BCUT2D eigenvalue weighted by Crippen LogP contribution is 2.40. The van der Waals surface area contributed by atoms with Crippen LogP contribution in [0.5, 0.6) is 11.5 Å². The van der Waals surface area contributed by atoms with Crippen molar-refractivity contribution in [3.63, 3.8) is 0 Å². The third-order valence-electron chi connectivity index (χ3n) is 7.68. The van der Waals surface area contributed by atoms with E-state index < -0.39 is 27.6 Å². The standard InChI is InChI=1S/C34H34N4O6S/c1-23(2)32(33(39)40)38-22-31(35-37-38)24-10-20-30(21-11-24)45(41,42)36-34(25-8-6-5-7-9-25,26-12-16-28(43-3)17-13-26)27-14-18-29(44-4)19-15-27/h5-23,32,36H,1-4H3,(H,39,40)/t32-/m0/s1. The second kappa shape index (κ2) is 12.9. The lowest BCUT2D eigenvalue weighted by Gasteiger charge is -2.36. The summed E-state index contributed by atoms with van der Waals surface area (Å²) < 4.78 is 43.6. The zero-order valence-electron chi connectivity index (χ0n) is 25.3. The largest absolute Gasteiger partial charge is 0.497 e. The fourth-order valence-corrected chi connectivity index (χ4v) is 6.73. The minimum absolute atomic E-state index is 0.0339. The lowest BCUT2D eigenvalue weighted by Crippen LogP contribution is -2.47. The van der Waals surface area contributed by atoms with E-state index in [1.165, 1.54) is 16.8 Å². The Morgan fingerprint density at radius 2 is 1.31 bits per heavy atom. The van der Waals surface area contributed by atoms with E-state index in [-0.39, 0.29) is 10.8 Å². The van der Waals surface area contributed by atoms with Crippen LogP contribution in [0.15, 0.2) is 114 Å². The van der Waals surface area contributed by atoms with Crippen LogP contribution in [0.25, 0.3) is 11.3 Å². The molecule has 0 saturated carbocycles. The first-order chi connectivity index (χ1) is 21.6. The molecule has 0 aliphatic carbocycles. The molecule has 0 saturated heterocycles. The Morgan fingerprint density at radius 1 is 0.800 bits per heavy atom. The number of nitrogens with zero attached hydrogens (tertiary/aromatic N) is 3. The Bertz CT molecular complexity index is 1810. The van der Waals surface area contributed by atoms with Crippen LogP contribution in [0.1, 0.15) is 36.6 Å². The molecule has 5 rings (SSSR count). The number of nitrogens with one attached hydrogen (secondary N) is 1. The van der Waals surface area contributed by atoms with Gasteiger partial charge in [-0.2, -0.15) is 4.72 Å². The smallest absolute Gasteiger partial charge is 0.328 e. The van der Waals surface area contributed by atoms with Crippen molar-refractivity contribution in [3.8, 4) is 22.8 Å². The third-order valence-corrected chi connectivity index (χ3v) is 9.15. The summed E-state index contributed by atoms with van der Waals surface area (Å²) in [5, 5.41) is 17.8. The maximum atomic E-state index is 14.2. The van der Waals surface area contributed by atoms with Crippen molar-refractivity contribution in [2.24, 2.45) is 5.92 Å². The van der Waals surface area contributed by atoms with Gasteiger partial charge in [-0.05, 0) is 59.0 Å². The van der Waals surface area contributed by atoms with Crippen LogP contribution in [0.2, 0.25) is 0 Å². The summed E-state index contributed by atoms with van der Waals surface area (Å²) >= 11 is 0. The monoisotopic (exact) mass is 626 g/mol. The number of hydrogen-bond acceptors (Lipinski definition) is 7. The lowest BCUT2D eigenvalue weighted by atomic mass is 9.78. The summed E-state index contributed by atoms with van der Waals surface area (Å²) in [6.07, 6.45) is 1.55. The molecule has 0 fully saturated rings. The predicted molar refractivity (Wildman–Crippen MR) is 170 cm³/mol. The van der Waals surface area contributed by atoms with Crippen molar-refractivity contribution in [3.05, 3.63) is 126 Å². The number of aliphatic carboxylic acids is 1. The molecule has 0 aliphatic rings. The topological polar surface area (TPSA) is 133 Å². The van der Waals surface area contributed by atoms with Crippen LogP contribution in [-0.4, -0.2) is 48.7 Å². The van der Waals surface area contributed by atoms with Crippen LogP contribution >= 0.6 is 0 Å². The molecule has 232 valence electrons. The van der Waals surface area contributed by atoms with E-state index >= 15 is 0 Å². The number of sulfonamides is 1. The minimum Gasteiger partial charge on any atom is -0.497 e. The van der Waals surface area contributed by atoms with Crippen LogP contribution in [0.3, 0.4) is 0 Å². The fraction of sp³-hybridized carbons (Fsp3) is 0.206. The van der Waals surface area contributed by atoms with Crippen LogP contribution in [0, 0.1) is 5.92 Å². The van der Waals surface area contributed by atoms with Crippen molar-refractivity contribution < 1.29 is 27.8 Å². The summed E-state index contributed by atoms with van der Waals surface area (Å²) in [6.45, 7) is 3.58. The van der Waals surface area contributed by atoms with Crippen molar-refractivity contribution in [1.29, 1.82) is 0 Å². The van der Waals surface area contributed by atoms with Crippen LogP contribution in [-0.2, 0) is 20.4 Å². The zero-order valence-corrected chi connectivity index (χ0v) is 26.1. The van der Waals surface area contributed by atoms with E-state index in [0.717, 1.165) is 0 Å². The van der Waals surface area contributed by atoms with Crippen LogP contribution < -0.4 is 14.2 Å². The quantitative estimate of drug-likeness (QED) is 0.173. The number of hydrogen-bond donors (Lipinski definition) is 2. The molecule has 45 heavy (non-hydrogen) atoms. The SMILES string of the molecule is COc1ccc(C(NS(=O)(=O)c2ccc(-c3cn([C@H](C(=O)O)C(C)C)nn3)cc2)(c2ccccc2)c2ccc(OC)cc2)cc1. The summed E-state index contributed by atoms with van der Waals surface area (Å²) in [5.41, 5.74) is 1.74. The Morgan fingerprint density at radius 3 is 1.78 bits per heavy atom. The van der Waals surface area contributed by atoms with Gasteiger partial charge in [0, 0.05) is 5.56 Å². The van der Waals surface area contributed by atoms with E-state index in [4.69, 9.17) is 9.47 Å². The molecule has 4 aromatic carbocycles. The number of benzene rings is 4. The molecule has 1 atom stereocenters. The molecule has 1 heterocycles. The Balaban J connectivity index is 1.58. The number of ether oxygens (including phenoxy) is 2. The van der Waals surface area contributed by atoms with E-state index in [0.29, 0.717) is 39.4 Å². The predicted octanol–water partition coefficient (Wildman–Crippen LogP) is 5.51. The first-order valence-electron chi connectivity index (χ1n) is 14.2. The maximum Gasteiger partial charge on any atom is 0.328 e. The molecule has 0 unspecified atom stereocenters. The molecule has 0 bridgehead atoms. The van der Waals surface area contributed by atoms with Gasteiger partial charge in [0.05, 0.1) is 25.3 Å². The Labute approximate surface area is 262 Å². The number of methoxy groups -OCH3 is 2. The zero-order chi connectivity index (χ0) is 32.2. The highest BCUT2D eigenvalue weighted by atomic mass is 32.2. The summed E-state index contributed by atoms with van der Waals surface area (Å²) in [5.74, 6) is 0.0456. The Kier molecular flexibility index (Phi) is 9.03. The highest BCUT2D eigenvalue weighted by molar-refractivity contribution is 7.89. The lowest BCUT2D eigenvalue weighted by molar-refractivity contribution is -0.142. The molecule has 0 spiro atoms.